The molecule has 0 N–H and O–H groups in total. The van der Waals surface area contributed by atoms with E-state index < -0.39 is 5.95 Å². The van der Waals surface area contributed by atoms with E-state index in [0.29, 0.717) is 17.9 Å². The molecule has 0 aromatic carbocycles. The maximum Gasteiger partial charge on any atom is 0.254 e. The Balaban J connectivity index is 1.49. The molecule has 8 heteroatoms. The number of aromatic nitrogens is 5. The highest BCUT2D eigenvalue weighted by atomic mass is 19.1. The number of nitrogens with zero attached hydrogens (tertiary/aromatic N) is 7. The second-order valence-corrected chi connectivity index (χ2v) is 6.81. The number of aryl methyl sites for hydroxylation is 1. The molecule has 6 rings (SSSR count). The molecule has 0 spiro atoms. The quantitative estimate of drug-likeness (QED) is 0.663. The van der Waals surface area contributed by atoms with Gasteiger partial charge in [0.15, 0.2) is 0 Å². The van der Waals surface area contributed by atoms with E-state index in [0.717, 1.165) is 42.3 Å². The predicted octanol–water partition coefficient (Wildman–Crippen LogP) is 1.74. The minimum absolute atomic E-state index is 0.378. The summed E-state index contributed by atoms with van der Waals surface area (Å²) in [7, 11) is 0. The molecule has 0 aliphatic carbocycles. The molecule has 3 aromatic heterocycles. The third kappa shape index (κ3) is 2.09. The van der Waals surface area contributed by atoms with Crippen LogP contribution in [0.2, 0.25) is 0 Å². The lowest BCUT2D eigenvalue weighted by Crippen LogP contribution is -2.69. The average molecular weight is 339 g/mol. The lowest BCUT2D eigenvalue weighted by molar-refractivity contribution is 0.286. The Hall–Kier alpha value is -2.77. The molecule has 3 aliphatic rings. The van der Waals surface area contributed by atoms with Crippen LogP contribution >= 0.6 is 0 Å². The van der Waals surface area contributed by atoms with Gasteiger partial charge in [0.1, 0.15) is 12.1 Å². The molecular formula is C17H18FN7. The summed E-state index contributed by atoms with van der Waals surface area (Å²) in [6.07, 6.45) is 4.21. The molecule has 3 aromatic rings. The Morgan fingerprint density at radius 3 is 2.72 bits per heavy atom. The van der Waals surface area contributed by atoms with Gasteiger partial charge in [0.05, 0.1) is 12.1 Å². The van der Waals surface area contributed by atoms with Crippen molar-refractivity contribution in [2.24, 2.45) is 0 Å². The van der Waals surface area contributed by atoms with E-state index in [1.807, 2.05) is 17.5 Å². The molecule has 6 heterocycles. The predicted molar refractivity (Wildman–Crippen MR) is 91.3 cm³/mol. The molecule has 2 atom stereocenters. The van der Waals surface area contributed by atoms with Crippen molar-refractivity contribution in [3.63, 3.8) is 0 Å². The van der Waals surface area contributed by atoms with Crippen LogP contribution in [-0.2, 0) is 0 Å². The highest BCUT2D eigenvalue weighted by Gasteiger charge is 2.46. The Bertz CT molecular complexity index is 957. The van der Waals surface area contributed by atoms with Crippen molar-refractivity contribution in [1.82, 2.24) is 24.6 Å². The minimum Gasteiger partial charge on any atom is -0.367 e. The van der Waals surface area contributed by atoms with Gasteiger partial charge in [-0.1, -0.05) is 0 Å². The molecule has 3 saturated heterocycles. The van der Waals surface area contributed by atoms with Crippen LogP contribution in [0.5, 0.6) is 0 Å². The Kier molecular flexibility index (Phi) is 2.98. The van der Waals surface area contributed by atoms with Gasteiger partial charge in [-0.15, -0.1) is 0 Å². The lowest BCUT2D eigenvalue weighted by atomic mass is 9.86. The zero-order chi connectivity index (χ0) is 17.1. The maximum absolute atomic E-state index is 13.4. The first-order valence-corrected chi connectivity index (χ1v) is 8.43. The summed E-state index contributed by atoms with van der Waals surface area (Å²) < 4.78 is 15.3. The van der Waals surface area contributed by atoms with Crippen LogP contribution in [-0.4, -0.2) is 49.7 Å². The third-order valence-electron chi connectivity index (χ3n) is 5.39. The van der Waals surface area contributed by atoms with Crippen molar-refractivity contribution in [2.75, 3.05) is 22.9 Å². The fourth-order valence-corrected chi connectivity index (χ4v) is 4.07. The fraction of sp³-hybridized carbons (Fsp3) is 0.412. The molecular weight excluding hydrogens is 321 g/mol. The molecule has 25 heavy (non-hydrogen) atoms. The van der Waals surface area contributed by atoms with E-state index in [2.05, 4.69) is 36.8 Å². The normalized spacial score (nSPS) is 22.4. The van der Waals surface area contributed by atoms with Gasteiger partial charge in [-0.2, -0.15) is 19.0 Å². The summed E-state index contributed by atoms with van der Waals surface area (Å²) in [5.74, 6) is 1.29. The highest BCUT2D eigenvalue weighted by Crippen LogP contribution is 2.40. The van der Waals surface area contributed by atoms with Gasteiger partial charge in [0.2, 0.25) is 5.95 Å². The summed E-state index contributed by atoms with van der Waals surface area (Å²) in [5.41, 5.74) is 3.01. The van der Waals surface area contributed by atoms with Crippen LogP contribution in [0, 0.1) is 19.8 Å². The number of halogens is 1. The highest BCUT2D eigenvalue weighted by molar-refractivity contribution is 5.60. The number of piperazine rings is 1. The van der Waals surface area contributed by atoms with Gasteiger partial charge >= 0.3 is 0 Å². The minimum atomic E-state index is -0.432. The van der Waals surface area contributed by atoms with Crippen molar-refractivity contribution < 1.29 is 4.39 Å². The second-order valence-electron chi connectivity index (χ2n) is 6.81. The van der Waals surface area contributed by atoms with Crippen molar-refractivity contribution >= 4 is 17.3 Å². The zero-order valence-electron chi connectivity index (χ0n) is 14.1. The van der Waals surface area contributed by atoms with E-state index in [-0.39, 0.29) is 0 Å². The van der Waals surface area contributed by atoms with Crippen molar-refractivity contribution in [3.8, 4) is 0 Å². The standard InChI is InChI=1S/C17H18FN7/c1-10-11(2)22-17-20-9-21-25(17)16(10)24-13-5-14(24)8-23(7-13)12-3-4-19-15(18)6-12/h3-4,6,9,13-14H,5,7-8H2,1-2H3. The summed E-state index contributed by atoms with van der Waals surface area (Å²) in [6.45, 7) is 5.81. The number of fused-ring (bicyclic) bond motifs is 3. The first-order valence-electron chi connectivity index (χ1n) is 8.43. The van der Waals surface area contributed by atoms with E-state index in [9.17, 15) is 4.39 Å². The molecule has 3 aliphatic heterocycles. The van der Waals surface area contributed by atoms with Gasteiger partial charge in [-0.25, -0.2) is 9.97 Å². The first kappa shape index (κ1) is 14.6. The van der Waals surface area contributed by atoms with Crippen LogP contribution in [0.3, 0.4) is 0 Å². The van der Waals surface area contributed by atoms with Crippen molar-refractivity contribution in [3.05, 3.63) is 41.9 Å². The van der Waals surface area contributed by atoms with Gasteiger partial charge in [0, 0.05) is 42.3 Å². The van der Waals surface area contributed by atoms with Gasteiger partial charge < -0.3 is 9.80 Å². The molecule has 0 saturated carbocycles. The topological polar surface area (TPSA) is 62.5 Å². The van der Waals surface area contributed by atoms with Gasteiger partial charge in [-0.3, -0.25) is 0 Å². The summed E-state index contributed by atoms with van der Waals surface area (Å²) >= 11 is 0. The molecule has 0 amide bonds. The fourth-order valence-electron chi connectivity index (χ4n) is 4.07. The van der Waals surface area contributed by atoms with Gasteiger partial charge in [-0.05, 0) is 26.3 Å². The molecule has 128 valence electrons. The number of anilines is 2. The van der Waals surface area contributed by atoms with E-state index in [1.165, 1.54) is 12.3 Å². The molecule has 2 unspecified atom stereocenters. The number of pyridine rings is 1. The monoisotopic (exact) mass is 339 g/mol. The maximum atomic E-state index is 13.4. The Labute approximate surface area is 144 Å². The third-order valence-corrected chi connectivity index (χ3v) is 5.39. The van der Waals surface area contributed by atoms with Crippen LogP contribution in [0.1, 0.15) is 17.7 Å². The molecule has 7 nitrogen and oxygen atoms in total. The number of hydrogen-bond donors (Lipinski definition) is 0. The number of rotatable bonds is 2. The summed E-state index contributed by atoms with van der Waals surface area (Å²) in [4.78, 5) is 17.1. The van der Waals surface area contributed by atoms with Crippen LogP contribution in [0.15, 0.2) is 24.7 Å². The lowest BCUT2D eigenvalue weighted by Gasteiger charge is -2.58. The van der Waals surface area contributed by atoms with Crippen molar-refractivity contribution in [1.29, 1.82) is 0 Å². The largest absolute Gasteiger partial charge is 0.367 e. The van der Waals surface area contributed by atoms with E-state index in [1.54, 1.807) is 6.33 Å². The van der Waals surface area contributed by atoms with Crippen LogP contribution in [0.4, 0.5) is 15.9 Å². The smallest absolute Gasteiger partial charge is 0.254 e. The molecule has 3 fully saturated rings. The average Bonchev–Trinajstić information content (AvgIpc) is 3.06. The van der Waals surface area contributed by atoms with Crippen LogP contribution < -0.4 is 9.80 Å². The van der Waals surface area contributed by atoms with E-state index in [4.69, 9.17) is 0 Å². The summed E-state index contributed by atoms with van der Waals surface area (Å²) in [5, 5.41) is 4.37. The van der Waals surface area contributed by atoms with Crippen molar-refractivity contribution in [2.45, 2.75) is 32.4 Å². The van der Waals surface area contributed by atoms with Crippen LogP contribution in [0.25, 0.3) is 5.78 Å². The van der Waals surface area contributed by atoms with Gasteiger partial charge in [0.25, 0.3) is 5.78 Å². The number of piperidine rings is 1. The molecule has 2 bridgehead atoms. The van der Waals surface area contributed by atoms with E-state index >= 15 is 0 Å². The molecule has 0 radical (unpaired) electrons. The second kappa shape index (κ2) is 5.11. The Morgan fingerprint density at radius 2 is 1.96 bits per heavy atom. The number of hydrogen-bond acceptors (Lipinski definition) is 6. The first-order chi connectivity index (χ1) is 12.1. The Morgan fingerprint density at radius 1 is 1.16 bits per heavy atom. The SMILES string of the molecule is Cc1nc2ncnn2c(N2C3CC2CN(c2ccnc(F)c2)C3)c1C. The summed E-state index contributed by atoms with van der Waals surface area (Å²) in [6, 6.07) is 4.13. The zero-order valence-corrected chi connectivity index (χ0v) is 14.1.